The third-order valence-electron chi connectivity index (χ3n) is 4.31. The minimum Gasteiger partial charge on any atom is -0.465 e. The number of pyridine rings is 1. The summed E-state index contributed by atoms with van der Waals surface area (Å²) in [6.45, 7) is 0.823. The van der Waals surface area contributed by atoms with Crippen LogP contribution in [-0.4, -0.2) is 24.6 Å². The Hall–Kier alpha value is -2.27. The maximum Gasteiger partial charge on any atom is 0.338 e. The minimum absolute atomic E-state index is 0.0518. The third-order valence-corrected chi connectivity index (χ3v) is 4.31. The van der Waals surface area contributed by atoms with E-state index in [2.05, 4.69) is 10.3 Å². The largest absolute Gasteiger partial charge is 0.465 e. The Labute approximate surface area is 134 Å². The normalized spacial score (nSPS) is 21.0. The standard InChI is InChI=1S/C18H19FN2O2/c1-23-18(22)15-5-3-2-4-14(15)17-10-12(8-9-20-17)16-7-6-13(19)11-21-16/h2-7,11-12,17,20H,8-10H2,1H3. The number of piperidine rings is 1. The molecule has 1 aliphatic rings. The maximum atomic E-state index is 13.1. The molecule has 0 aliphatic carbocycles. The predicted molar refractivity (Wildman–Crippen MR) is 84.7 cm³/mol. The van der Waals surface area contributed by atoms with Crippen LogP contribution in [0.25, 0.3) is 0 Å². The lowest BCUT2D eigenvalue weighted by atomic mass is 9.85. The summed E-state index contributed by atoms with van der Waals surface area (Å²) >= 11 is 0. The number of aromatic nitrogens is 1. The lowest BCUT2D eigenvalue weighted by Gasteiger charge is -2.31. The number of halogens is 1. The van der Waals surface area contributed by atoms with Gasteiger partial charge in [0.2, 0.25) is 0 Å². The molecule has 2 atom stereocenters. The molecule has 1 aromatic heterocycles. The number of ether oxygens (including phenoxy) is 1. The van der Waals surface area contributed by atoms with E-state index in [1.54, 1.807) is 12.1 Å². The second-order valence-electron chi connectivity index (χ2n) is 5.71. The highest BCUT2D eigenvalue weighted by atomic mass is 19.1. The first-order valence-electron chi connectivity index (χ1n) is 7.71. The van der Waals surface area contributed by atoms with Crippen LogP contribution in [0.4, 0.5) is 4.39 Å². The van der Waals surface area contributed by atoms with E-state index in [4.69, 9.17) is 4.74 Å². The molecule has 1 aromatic carbocycles. The van der Waals surface area contributed by atoms with Crippen molar-refractivity contribution in [1.82, 2.24) is 10.3 Å². The van der Waals surface area contributed by atoms with Gasteiger partial charge in [0, 0.05) is 17.7 Å². The Kier molecular flexibility index (Phi) is 4.67. The first-order chi connectivity index (χ1) is 11.2. The maximum absolute atomic E-state index is 13.1. The molecular weight excluding hydrogens is 295 g/mol. The van der Waals surface area contributed by atoms with Gasteiger partial charge in [-0.05, 0) is 43.1 Å². The smallest absolute Gasteiger partial charge is 0.338 e. The Balaban J connectivity index is 1.84. The Morgan fingerprint density at radius 1 is 1.30 bits per heavy atom. The average molecular weight is 314 g/mol. The van der Waals surface area contributed by atoms with Crippen molar-refractivity contribution in [3.05, 3.63) is 65.2 Å². The van der Waals surface area contributed by atoms with Crippen molar-refractivity contribution in [3.63, 3.8) is 0 Å². The van der Waals surface area contributed by atoms with Crippen molar-refractivity contribution in [2.45, 2.75) is 24.8 Å². The van der Waals surface area contributed by atoms with Crippen LogP contribution in [0.15, 0.2) is 42.6 Å². The SMILES string of the molecule is COC(=O)c1ccccc1C1CC(c2ccc(F)cn2)CCN1. The molecule has 1 saturated heterocycles. The van der Waals surface area contributed by atoms with Crippen molar-refractivity contribution in [1.29, 1.82) is 0 Å². The fourth-order valence-electron chi connectivity index (χ4n) is 3.15. The van der Waals surface area contributed by atoms with Gasteiger partial charge >= 0.3 is 5.97 Å². The topological polar surface area (TPSA) is 51.2 Å². The zero-order valence-corrected chi connectivity index (χ0v) is 13.0. The number of hydrogen-bond donors (Lipinski definition) is 1. The van der Waals surface area contributed by atoms with E-state index >= 15 is 0 Å². The molecule has 0 radical (unpaired) electrons. The molecule has 2 aromatic rings. The molecular formula is C18H19FN2O2. The molecule has 2 heterocycles. The molecule has 23 heavy (non-hydrogen) atoms. The van der Waals surface area contributed by atoms with Crippen molar-refractivity contribution < 1.29 is 13.9 Å². The van der Waals surface area contributed by atoms with Crippen LogP contribution < -0.4 is 5.32 Å². The van der Waals surface area contributed by atoms with Crippen molar-refractivity contribution in [3.8, 4) is 0 Å². The van der Waals surface area contributed by atoms with Crippen molar-refractivity contribution in [2.75, 3.05) is 13.7 Å². The van der Waals surface area contributed by atoms with E-state index in [9.17, 15) is 9.18 Å². The van der Waals surface area contributed by atoms with E-state index < -0.39 is 0 Å². The third kappa shape index (κ3) is 3.40. The first kappa shape index (κ1) is 15.6. The summed E-state index contributed by atoms with van der Waals surface area (Å²) in [5, 5.41) is 3.46. The minimum atomic E-state index is -0.329. The van der Waals surface area contributed by atoms with Crippen LogP contribution in [0.2, 0.25) is 0 Å². The van der Waals surface area contributed by atoms with Crippen LogP contribution in [-0.2, 0) is 4.74 Å². The molecule has 3 rings (SSSR count). The first-order valence-corrected chi connectivity index (χ1v) is 7.71. The van der Waals surface area contributed by atoms with E-state index in [1.165, 1.54) is 19.4 Å². The van der Waals surface area contributed by atoms with Gasteiger partial charge in [-0.3, -0.25) is 4.98 Å². The highest BCUT2D eigenvalue weighted by Gasteiger charge is 2.27. The number of carbonyl (C=O) groups excluding carboxylic acids is 1. The van der Waals surface area contributed by atoms with E-state index in [0.29, 0.717) is 5.56 Å². The van der Waals surface area contributed by atoms with Crippen LogP contribution in [0.1, 0.15) is 46.4 Å². The number of nitrogens with zero attached hydrogens (tertiary/aromatic N) is 1. The highest BCUT2D eigenvalue weighted by molar-refractivity contribution is 5.91. The Bertz CT molecular complexity index is 688. The molecule has 5 heteroatoms. The van der Waals surface area contributed by atoms with Crippen LogP contribution >= 0.6 is 0 Å². The fourth-order valence-corrected chi connectivity index (χ4v) is 3.15. The fraction of sp³-hybridized carbons (Fsp3) is 0.333. The van der Waals surface area contributed by atoms with Gasteiger partial charge < -0.3 is 10.1 Å². The Morgan fingerprint density at radius 3 is 2.87 bits per heavy atom. The lowest BCUT2D eigenvalue weighted by molar-refractivity contribution is 0.0598. The number of benzene rings is 1. The molecule has 0 amide bonds. The number of nitrogens with one attached hydrogen (secondary N) is 1. The molecule has 0 bridgehead atoms. The monoisotopic (exact) mass is 314 g/mol. The molecule has 1 fully saturated rings. The van der Waals surface area contributed by atoms with Gasteiger partial charge in [0.05, 0.1) is 18.9 Å². The number of hydrogen-bond acceptors (Lipinski definition) is 4. The molecule has 0 spiro atoms. The van der Waals surface area contributed by atoms with Crippen molar-refractivity contribution in [2.24, 2.45) is 0 Å². The average Bonchev–Trinajstić information content (AvgIpc) is 2.62. The van der Waals surface area contributed by atoms with E-state index in [1.807, 2.05) is 18.2 Å². The van der Waals surface area contributed by atoms with Gasteiger partial charge in [0.1, 0.15) is 5.82 Å². The van der Waals surface area contributed by atoms with Crippen LogP contribution in [0.3, 0.4) is 0 Å². The summed E-state index contributed by atoms with van der Waals surface area (Å²) < 4.78 is 17.9. The summed E-state index contributed by atoms with van der Waals surface area (Å²) in [6.07, 6.45) is 3.01. The second kappa shape index (κ2) is 6.87. The lowest BCUT2D eigenvalue weighted by Crippen LogP contribution is -2.32. The molecule has 0 saturated carbocycles. The Morgan fingerprint density at radius 2 is 2.13 bits per heavy atom. The molecule has 2 unspecified atom stereocenters. The number of methoxy groups -OCH3 is 1. The second-order valence-corrected chi connectivity index (χ2v) is 5.71. The van der Waals surface area contributed by atoms with Gasteiger partial charge in [0.25, 0.3) is 0 Å². The van der Waals surface area contributed by atoms with Gasteiger partial charge in [-0.1, -0.05) is 18.2 Å². The molecule has 1 N–H and O–H groups in total. The number of rotatable bonds is 3. The zero-order chi connectivity index (χ0) is 16.2. The van der Waals surface area contributed by atoms with Gasteiger partial charge in [-0.25, -0.2) is 9.18 Å². The summed E-state index contributed by atoms with van der Waals surface area (Å²) in [4.78, 5) is 16.2. The molecule has 120 valence electrons. The highest BCUT2D eigenvalue weighted by Crippen LogP contribution is 2.34. The van der Waals surface area contributed by atoms with E-state index in [-0.39, 0.29) is 23.7 Å². The summed E-state index contributed by atoms with van der Waals surface area (Å²) in [5.41, 5.74) is 2.42. The van der Waals surface area contributed by atoms with Gasteiger partial charge in [0.15, 0.2) is 0 Å². The quantitative estimate of drug-likeness (QED) is 0.884. The summed E-state index contributed by atoms with van der Waals surface area (Å²) in [6, 6.07) is 10.7. The number of esters is 1. The van der Waals surface area contributed by atoms with Crippen LogP contribution in [0, 0.1) is 5.82 Å². The zero-order valence-electron chi connectivity index (χ0n) is 13.0. The summed E-state index contributed by atoms with van der Waals surface area (Å²) in [7, 11) is 1.39. The van der Waals surface area contributed by atoms with Gasteiger partial charge in [-0.2, -0.15) is 0 Å². The molecule has 1 aliphatic heterocycles. The van der Waals surface area contributed by atoms with Crippen molar-refractivity contribution >= 4 is 5.97 Å². The van der Waals surface area contributed by atoms with Gasteiger partial charge in [-0.15, -0.1) is 0 Å². The summed E-state index contributed by atoms with van der Waals surface area (Å²) in [5.74, 6) is -0.410. The molecule has 4 nitrogen and oxygen atoms in total. The predicted octanol–water partition coefficient (Wildman–Crippen LogP) is 3.22. The van der Waals surface area contributed by atoms with E-state index in [0.717, 1.165) is 30.6 Å². The van der Waals surface area contributed by atoms with Crippen LogP contribution in [0.5, 0.6) is 0 Å². The number of carbonyl (C=O) groups is 1.